The molecule has 2 atom stereocenters. The Kier molecular flexibility index (Phi) is 5.91. The number of piperidine rings is 1. The summed E-state index contributed by atoms with van der Waals surface area (Å²) in [7, 11) is 1.77. The van der Waals surface area contributed by atoms with Gasteiger partial charge in [-0.3, -0.25) is 9.88 Å². The standard InChI is InChI=1S/C19H30N4O2/c1-14(15-5-9-20-10-6-15)23-11-7-17(8-12-23)21-19(25)22(2)13-18(24)16-3-4-16/h5-6,9-10,14,16-18,24H,3-4,7-8,11-13H2,1-2H3,(H,21,25). The van der Waals surface area contributed by atoms with Gasteiger partial charge in [-0.05, 0) is 56.2 Å². The molecule has 25 heavy (non-hydrogen) atoms. The van der Waals surface area contributed by atoms with E-state index in [-0.39, 0.29) is 18.2 Å². The van der Waals surface area contributed by atoms with Crippen molar-refractivity contribution in [2.75, 3.05) is 26.7 Å². The Balaban J connectivity index is 1.42. The van der Waals surface area contributed by atoms with Crippen LogP contribution >= 0.6 is 0 Å². The summed E-state index contributed by atoms with van der Waals surface area (Å²) in [5, 5.41) is 13.1. The van der Waals surface area contributed by atoms with Crippen molar-refractivity contribution in [1.82, 2.24) is 20.1 Å². The first-order valence-corrected chi connectivity index (χ1v) is 9.38. The van der Waals surface area contributed by atoms with E-state index in [2.05, 4.69) is 34.3 Å². The molecule has 2 N–H and O–H groups in total. The van der Waals surface area contributed by atoms with Gasteiger partial charge in [0, 0.05) is 51.2 Å². The number of aliphatic hydroxyl groups excluding tert-OH is 1. The fourth-order valence-electron chi connectivity index (χ4n) is 3.56. The first-order chi connectivity index (χ1) is 12.0. The van der Waals surface area contributed by atoms with E-state index in [1.54, 1.807) is 11.9 Å². The highest BCUT2D eigenvalue weighted by molar-refractivity contribution is 5.74. The molecular weight excluding hydrogens is 316 g/mol. The molecule has 0 spiro atoms. The molecule has 0 bridgehead atoms. The zero-order chi connectivity index (χ0) is 17.8. The van der Waals surface area contributed by atoms with Gasteiger partial charge in [0.15, 0.2) is 0 Å². The number of amides is 2. The molecule has 1 aromatic heterocycles. The number of likely N-dealkylation sites (tertiary alicyclic amines) is 1. The zero-order valence-electron chi connectivity index (χ0n) is 15.3. The van der Waals surface area contributed by atoms with Crippen LogP contribution in [-0.4, -0.2) is 64.7 Å². The molecule has 1 saturated carbocycles. The lowest BCUT2D eigenvalue weighted by atomic mass is 10.0. The summed E-state index contributed by atoms with van der Waals surface area (Å²) in [6.07, 6.45) is 7.39. The number of pyridine rings is 1. The Hall–Kier alpha value is -1.66. The van der Waals surface area contributed by atoms with Gasteiger partial charge in [0.1, 0.15) is 0 Å². The number of hydrogen-bond donors (Lipinski definition) is 2. The van der Waals surface area contributed by atoms with E-state index in [1.165, 1.54) is 5.56 Å². The molecule has 1 saturated heterocycles. The highest BCUT2D eigenvalue weighted by Crippen LogP contribution is 2.32. The number of rotatable bonds is 6. The van der Waals surface area contributed by atoms with Crippen LogP contribution in [0.5, 0.6) is 0 Å². The van der Waals surface area contributed by atoms with Crippen molar-refractivity contribution in [3.05, 3.63) is 30.1 Å². The van der Waals surface area contributed by atoms with Gasteiger partial charge in [0.2, 0.25) is 0 Å². The molecule has 3 rings (SSSR count). The Morgan fingerprint density at radius 2 is 1.96 bits per heavy atom. The molecule has 0 aromatic carbocycles. The van der Waals surface area contributed by atoms with Gasteiger partial charge in [0.25, 0.3) is 0 Å². The second-order valence-electron chi connectivity index (χ2n) is 7.50. The van der Waals surface area contributed by atoms with Crippen molar-refractivity contribution in [2.24, 2.45) is 5.92 Å². The number of carbonyl (C=O) groups excluding carboxylic acids is 1. The van der Waals surface area contributed by atoms with Crippen molar-refractivity contribution in [3.63, 3.8) is 0 Å². The van der Waals surface area contributed by atoms with E-state index in [9.17, 15) is 9.90 Å². The molecule has 2 unspecified atom stereocenters. The molecule has 6 heteroatoms. The number of nitrogens with zero attached hydrogens (tertiary/aromatic N) is 3. The Morgan fingerprint density at radius 3 is 2.56 bits per heavy atom. The van der Waals surface area contributed by atoms with Crippen molar-refractivity contribution in [2.45, 2.75) is 50.8 Å². The van der Waals surface area contributed by atoms with Crippen LogP contribution in [0.4, 0.5) is 4.79 Å². The lowest BCUT2D eigenvalue weighted by Crippen LogP contribution is -2.50. The van der Waals surface area contributed by atoms with Crippen molar-refractivity contribution in [1.29, 1.82) is 0 Å². The fraction of sp³-hybridized carbons (Fsp3) is 0.684. The van der Waals surface area contributed by atoms with Crippen LogP contribution in [-0.2, 0) is 0 Å². The normalized spacial score (nSPS) is 21.6. The predicted molar refractivity (Wildman–Crippen MR) is 97.1 cm³/mol. The number of urea groups is 1. The lowest BCUT2D eigenvalue weighted by Gasteiger charge is -2.37. The first kappa shape index (κ1) is 18.1. The van der Waals surface area contributed by atoms with E-state index >= 15 is 0 Å². The van der Waals surface area contributed by atoms with Gasteiger partial charge < -0.3 is 15.3 Å². The van der Waals surface area contributed by atoms with Crippen LogP contribution in [0, 0.1) is 5.92 Å². The number of hydrogen-bond acceptors (Lipinski definition) is 4. The predicted octanol–water partition coefficient (Wildman–Crippen LogP) is 2.02. The van der Waals surface area contributed by atoms with Gasteiger partial charge in [-0.15, -0.1) is 0 Å². The third kappa shape index (κ3) is 4.92. The Morgan fingerprint density at radius 1 is 1.32 bits per heavy atom. The maximum absolute atomic E-state index is 12.3. The molecule has 1 aliphatic carbocycles. The summed E-state index contributed by atoms with van der Waals surface area (Å²) in [4.78, 5) is 20.5. The van der Waals surface area contributed by atoms with E-state index in [0.717, 1.165) is 38.8 Å². The molecule has 0 radical (unpaired) electrons. The van der Waals surface area contributed by atoms with Crippen LogP contribution in [0.1, 0.15) is 44.2 Å². The second-order valence-corrected chi connectivity index (χ2v) is 7.50. The molecule has 2 fully saturated rings. The van der Waals surface area contributed by atoms with E-state index in [0.29, 0.717) is 18.5 Å². The summed E-state index contributed by atoms with van der Waals surface area (Å²) >= 11 is 0. The minimum atomic E-state index is -0.376. The van der Waals surface area contributed by atoms with Crippen molar-refractivity contribution < 1.29 is 9.90 Å². The fourth-order valence-corrected chi connectivity index (χ4v) is 3.56. The molecule has 1 aliphatic heterocycles. The maximum atomic E-state index is 12.3. The van der Waals surface area contributed by atoms with E-state index < -0.39 is 0 Å². The lowest BCUT2D eigenvalue weighted by molar-refractivity contribution is 0.109. The van der Waals surface area contributed by atoms with Crippen LogP contribution in [0.2, 0.25) is 0 Å². The number of likely N-dealkylation sites (N-methyl/N-ethyl adjacent to an activating group) is 1. The number of nitrogens with one attached hydrogen (secondary N) is 1. The quantitative estimate of drug-likeness (QED) is 0.827. The monoisotopic (exact) mass is 346 g/mol. The van der Waals surface area contributed by atoms with Crippen LogP contribution in [0.3, 0.4) is 0 Å². The smallest absolute Gasteiger partial charge is 0.317 e. The summed E-state index contributed by atoms with van der Waals surface area (Å²) < 4.78 is 0. The number of aliphatic hydroxyl groups is 1. The summed E-state index contributed by atoms with van der Waals surface area (Å²) in [6, 6.07) is 4.65. The molecule has 2 aliphatic rings. The third-order valence-corrected chi connectivity index (χ3v) is 5.57. The Bertz CT molecular complexity index is 556. The van der Waals surface area contributed by atoms with Crippen molar-refractivity contribution in [3.8, 4) is 0 Å². The molecule has 2 amide bonds. The van der Waals surface area contributed by atoms with Gasteiger partial charge in [-0.2, -0.15) is 0 Å². The Labute approximate surface area is 150 Å². The summed E-state index contributed by atoms with van der Waals surface area (Å²) in [5.74, 6) is 0.396. The summed E-state index contributed by atoms with van der Waals surface area (Å²) in [5.41, 5.74) is 1.28. The minimum absolute atomic E-state index is 0.0691. The number of carbonyl (C=O) groups is 1. The van der Waals surface area contributed by atoms with Crippen molar-refractivity contribution >= 4 is 6.03 Å². The summed E-state index contributed by atoms with van der Waals surface area (Å²) in [6.45, 7) is 4.60. The third-order valence-electron chi connectivity index (χ3n) is 5.57. The van der Waals surface area contributed by atoms with E-state index in [4.69, 9.17) is 0 Å². The van der Waals surface area contributed by atoms with Crippen LogP contribution in [0.25, 0.3) is 0 Å². The van der Waals surface area contributed by atoms with Crippen LogP contribution in [0.15, 0.2) is 24.5 Å². The van der Waals surface area contributed by atoms with Gasteiger partial charge in [0.05, 0.1) is 6.10 Å². The maximum Gasteiger partial charge on any atom is 0.317 e. The molecular formula is C19H30N4O2. The second kappa shape index (κ2) is 8.15. The average molecular weight is 346 g/mol. The zero-order valence-corrected chi connectivity index (χ0v) is 15.3. The van der Waals surface area contributed by atoms with Gasteiger partial charge in [-0.1, -0.05) is 0 Å². The highest BCUT2D eigenvalue weighted by Gasteiger charge is 2.31. The molecule has 1 aromatic rings. The minimum Gasteiger partial charge on any atom is -0.391 e. The SMILES string of the molecule is CC(c1ccncc1)N1CCC(NC(=O)N(C)CC(O)C2CC2)CC1. The average Bonchev–Trinajstić information content (AvgIpc) is 3.47. The largest absolute Gasteiger partial charge is 0.391 e. The molecule has 2 heterocycles. The highest BCUT2D eigenvalue weighted by atomic mass is 16.3. The molecule has 6 nitrogen and oxygen atoms in total. The van der Waals surface area contributed by atoms with E-state index in [1.807, 2.05) is 12.4 Å². The first-order valence-electron chi connectivity index (χ1n) is 9.38. The van der Waals surface area contributed by atoms with Crippen LogP contribution < -0.4 is 5.32 Å². The topological polar surface area (TPSA) is 68.7 Å². The van der Waals surface area contributed by atoms with Gasteiger partial charge >= 0.3 is 6.03 Å². The molecule has 138 valence electrons. The number of aromatic nitrogens is 1. The van der Waals surface area contributed by atoms with Gasteiger partial charge in [-0.25, -0.2) is 4.79 Å².